The van der Waals surface area contributed by atoms with Gasteiger partial charge in [-0.15, -0.1) is 0 Å². The Kier molecular flexibility index (Phi) is 4.79. The number of Topliss-reactive ketones (excluding diaryl/α,β-unsaturated/α-hetero) is 1. The molecule has 0 N–H and O–H groups in total. The molecule has 6 nitrogen and oxygen atoms in total. The van der Waals surface area contributed by atoms with Gasteiger partial charge in [0.25, 0.3) is 5.91 Å². The van der Waals surface area contributed by atoms with E-state index in [2.05, 4.69) is 22.0 Å². The van der Waals surface area contributed by atoms with E-state index in [0.29, 0.717) is 36.5 Å². The number of rotatable bonds is 3. The number of aromatic nitrogens is 1. The third-order valence-electron chi connectivity index (χ3n) is 6.62. The quantitative estimate of drug-likeness (QED) is 0.695. The highest BCUT2D eigenvalue weighted by atomic mass is 35.5. The maximum atomic E-state index is 13.5. The van der Waals surface area contributed by atoms with Gasteiger partial charge in [-0.1, -0.05) is 41.9 Å². The number of ether oxygens (including phenoxy) is 1. The van der Waals surface area contributed by atoms with E-state index in [0.717, 1.165) is 18.7 Å². The minimum absolute atomic E-state index is 0.0979. The van der Waals surface area contributed by atoms with E-state index in [1.54, 1.807) is 6.07 Å². The van der Waals surface area contributed by atoms with E-state index < -0.39 is 5.60 Å². The number of carbonyl (C=O) groups is 2. The van der Waals surface area contributed by atoms with Crippen molar-refractivity contribution >= 4 is 29.1 Å². The maximum absolute atomic E-state index is 13.5. The molecule has 5 rings (SSSR count). The Morgan fingerprint density at radius 3 is 2.60 bits per heavy atom. The number of amides is 1. The molecular formula is C23H24ClN3O3. The van der Waals surface area contributed by atoms with Gasteiger partial charge in [0.2, 0.25) is 0 Å². The highest BCUT2D eigenvalue weighted by Gasteiger charge is 2.57. The first-order valence-electron chi connectivity index (χ1n) is 10.5. The molecule has 2 atom stereocenters. The van der Waals surface area contributed by atoms with Crippen LogP contribution in [0.25, 0.3) is 0 Å². The summed E-state index contributed by atoms with van der Waals surface area (Å²) in [5, 5.41) is 0.410. The molecule has 3 aliphatic heterocycles. The monoisotopic (exact) mass is 425 g/mol. The number of nitrogens with zero attached hydrogens (tertiary/aromatic N) is 3. The van der Waals surface area contributed by atoms with Gasteiger partial charge in [-0.05, 0) is 25.3 Å². The molecule has 7 heteroatoms. The molecule has 0 saturated carbocycles. The van der Waals surface area contributed by atoms with Gasteiger partial charge in [-0.2, -0.15) is 0 Å². The largest absolute Gasteiger partial charge is 0.356 e. The molecule has 1 aromatic carbocycles. The molecule has 3 fully saturated rings. The van der Waals surface area contributed by atoms with Crippen LogP contribution in [0.4, 0.5) is 5.82 Å². The van der Waals surface area contributed by atoms with Crippen LogP contribution in [0.15, 0.2) is 42.6 Å². The minimum Gasteiger partial charge on any atom is -0.356 e. The third kappa shape index (κ3) is 3.10. The van der Waals surface area contributed by atoms with Crippen molar-refractivity contribution in [1.29, 1.82) is 0 Å². The number of anilines is 1. The fourth-order valence-electron chi connectivity index (χ4n) is 5.00. The zero-order chi connectivity index (χ0) is 20.9. The number of ketones is 1. The smallest absolute Gasteiger partial charge is 0.257 e. The molecule has 0 radical (unpaired) electrons. The Hall–Kier alpha value is -2.44. The summed E-state index contributed by atoms with van der Waals surface area (Å²) in [5.74, 6) is 0.750. The predicted octanol–water partition coefficient (Wildman–Crippen LogP) is 4.00. The lowest BCUT2D eigenvalue weighted by Gasteiger charge is -2.38. The van der Waals surface area contributed by atoms with Crippen molar-refractivity contribution in [3.63, 3.8) is 0 Å². The van der Waals surface area contributed by atoms with Crippen LogP contribution in [-0.4, -0.2) is 46.5 Å². The number of benzene rings is 1. The number of fused-ring (bicyclic) bond motifs is 1. The van der Waals surface area contributed by atoms with Crippen LogP contribution in [0.1, 0.15) is 54.6 Å². The standard InChI is InChI=1S/C23H24ClN3O3/c1-15(28)17-14-25-20(13-18(17)24)26-11-9-23(10-12-26)22(29)27-19(7-8-21(27)30-23)16-5-3-2-4-6-16/h2-6,13-14,19,21H,7-12H2,1H3. The summed E-state index contributed by atoms with van der Waals surface area (Å²) in [4.78, 5) is 33.6. The molecule has 4 heterocycles. The van der Waals surface area contributed by atoms with Crippen LogP contribution in [0.5, 0.6) is 0 Å². The van der Waals surface area contributed by atoms with E-state index in [1.165, 1.54) is 18.7 Å². The van der Waals surface area contributed by atoms with Crippen molar-refractivity contribution in [2.75, 3.05) is 18.0 Å². The molecule has 2 aromatic rings. The van der Waals surface area contributed by atoms with Gasteiger partial charge >= 0.3 is 0 Å². The van der Waals surface area contributed by atoms with Crippen LogP contribution < -0.4 is 4.90 Å². The first kappa shape index (κ1) is 19.5. The van der Waals surface area contributed by atoms with Crippen molar-refractivity contribution in [1.82, 2.24) is 9.88 Å². The molecule has 3 saturated heterocycles. The fraction of sp³-hybridized carbons (Fsp3) is 0.435. The molecule has 1 spiro atoms. The lowest BCUT2D eigenvalue weighted by atomic mass is 9.89. The van der Waals surface area contributed by atoms with Crippen molar-refractivity contribution in [3.8, 4) is 0 Å². The van der Waals surface area contributed by atoms with Crippen molar-refractivity contribution in [2.24, 2.45) is 0 Å². The second kappa shape index (κ2) is 7.36. The van der Waals surface area contributed by atoms with Gasteiger partial charge in [0.05, 0.1) is 16.6 Å². The van der Waals surface area contributed by atoms with Crippen LogP contribution >= 0.6 is 11.6 Å². The summed E-state index contributed by atoms with van der Waals surface area (Å²) in [6.45, 7) is 2.79. The molecule has 3 aliphatic rings. The number of halogens is 1. The van der Waals surface area contributed by atoms with Gasteiger partial charge < -0.3 is 14.5 Å². The van der Waals surface area contributed by atoms with Crippen LogP contribution in [0.2, 0.25) is 5.02 Å². The number of pyridine rings is 1. The third-order valence-corrected chi connectivity index (χ3v) is 6.93. The Morgan fingerprint density at radius 2 is 1.93 bits per heavy atom. The van der Waals surface area contributed by atoms with E-state index in [4.69, 9.17) is 16.3 Å². The molecule has 2 unspecified atom stereocenters. The topological polar surface area (TPSA) is 62.7 Å². The van der Waals surface area contributed by atoms with Gasteiger partial charge in [-0.3, -0.25) is 9.59 Å². The molecule has 1 amide bonds. The summed E-state index contributed by atoms with van der Waals surface area (Å²) < 4.78 is 6.39. The summed E-state index contributed by atoms with van der Waals surface area (Å²) in [6.07, 6.45) is 4.45. The van der Waals surface area contributed by atoms with Crippen molar-refractivity contribution in [2.45, 2.75) is 50.5 Å². The van der Waals surface area contributed by atoms with Gasteiger partial charge in [0.1, 0.15) is 12.0 Å². The number of piperidine rings is 1. The van der Waals surface area contributed by atoms with Crippen LogP contribution in [0, 0.1) is 0 Å². The van der Waals surface area contributed by atoms with Crippen LogP contribution in [0.3, 0.4) is 0 Å². The fourth-order valence-corrected chi connectivity index (χ4v) is 5.28. The second-order valence-electron chi connectivity index (χ2n) is 8.35. The van der Waals surface area contributed by atoms with E-state index in [1.807, 2.05) is 23.1 Å². The minimum atomic E-state index is -0.738. The first-order chi connectivity index (χ1) is 14.5. The van der Waals surface area contributed by atoms with E-state index >= 15 is 0 Å². The highest BCUT2D eigenvalue weighted by Crippen LogP contribution is 2.47. The summed E-state index contributed by atoms with van der Waals surface area (Å²) in [7, 11) is 0. The molecule has 0 bridgehead atoms. The Balaban J connectivity index is 1.31. The van der Waals surface area contributed by atoms with Crippen molar-refractivity contribution < 1.29 is 14.3 Å². The average Bonchev–Trinajstić information content (AvgIpc) is 3.27. The van der Waals surface area contributed by atoms with Gasteiger partial charge in [0.15, 0.2) is 11.4 Å². The molecule has 1 aromatic heterocycles. The Bertz CT molecular complexity index is 988. The van der Waals surface area contributed by atoms with Gasteiger partial charge in [0, 0.05) is 38.2 Å². The lowest BCUT2D eigenvalue weighted by molar-refractivity contribution is -0.140. The highest BCUT2D eigenvalue weighted by molar-refractivity contribution is 6.34. The normalized spacial score (nSPS) is 25.1. The lowest BCUT2D eigenvalue weighted by Crippen LogP contribution is -2.50. The summed E-state index contributed by atoms with van der Waals surface area (Å²) in [6, 6.07) is 12.1. The molecular weight excluding hydrogens is 402 g/mol. The Morgan fingerprint density at radius 1 is 1.20 bits per heavy atom. The van der Waals surface area contributed by atoms with Gasteiger partial charge in [-0.25, -0.2) is 4.98 Å². The predicted molar refractivity (Wildman–Crippen MR) is 114 cm³/mol. The number of hydrogen-bond acceptors (Lipinski definition) is 5. The summed E-state index contributed by atoms with van der Waals surface area (Å²) in [5.41, 5.74) is 0.865. The van der Waals surface area contributed by atoms with Crippen LogP contribution in [-0.2, 0) is 9.53 Å². The average molecular weight is 426 g/mol. The zero-order valence-electron chi connectivity index (χ0n) is 16.9. The number of carbonyl (C=O) groups excluding carboxylic acids is 2. The van der Waals surface area contributed by atoms with E-state index in [9.17, 15) is 9.59 Å². The van der Waals surface area contributed by atoms with Crippen molar-refractivity contribution in [3.05, 3.63) is 58.7 Å². The molecule has 0 aliphatic carbocycles. The number of hydrogen-bond donors (Lipinski definition) is 0. The maximum Gasteiger partial charge on any atom is 0.257 e. The molecule has 30 heavy (non-hydrogen) atoms. The SMILES string of the molecule is CC(=O)c1cnc(N2CCC3(CC2)OC2CCC(c4ccccc4)N2C3=O)cc1Cl. The zero-order valence-corrected chi connectivity index (χ0v) is 17.6. The summed E-state index contributed by atoms with van der Waals surface area (Å²) >= 11 is 6.25. The first-order valence-corrected chi connectivity index (χ1v) is 10.8. The Labute approximate surface area is 180 Å². The second-order valence-corrected chi connectivity index (χ2v) is 8.76. The van der Waals surface area contributed by atoms with E-state index in [-0.39, 0.29) is 24.0 Å². The molecule has 156 valence electrons.